The Labute approximate surface area is 232 Å². The number of ether oxygens (including phenoxy) is 2. The summed E-state index contributed by atoms with van der Waals surface area (Å²) in [5, 5.41) is 11.8. The van der Waals surface area contributed by atoms with Gasteiger partial charge in [-0.1, -0.05) is 47.7 Å². The number of hydrogen-bond acceptors (Lipinski definition) is 7. The Morgan fingerprint density at radius 1 is 0.974 bits per heavy atom. The van der Waals surface area contributed by atoms with Crippen molar-refractivity contribution in [3.05, 3.63) is 100 Å². The molecule has 2 heterocycles. The predicted molar refractivity (Wildman–Crippen MR) is 155 cm³/mol. The lowest BCUT2D eigenvalue weighted by molar-refractivity contribution is -0.113. The van der Waals surface area contributed by atoms with Crippen molar-refractivity contribution in [2.45, 2.75) is 37.7 Å². The van der Waals surface area contributed by atoms with Gasteiger partial charge >= 0.3 is 0 Å². The van der Waals surface area contributed by atoms with Gasteiger partial charge in [-0.05, 0) is 73.9 Å². The average Bonchev–Trinajstić information content (AvgIpc) is 3.34. The quantitative estimate of drug-likeness (QED) is 0.259. The molecule has 200 valence electrons. The van der Waals surface area contributed by atoms with Gasteiger partial charge in [0.2, 0.25) is 11.1 Å². The molecule has 0 fully saturated rings. The first-order valence-corrected chi connectivity index (χ1v) is 13.6. The molecule has 39 heavy (non-hydrogen) atoms. The van der Waals surface area contributed by atoms with Crippen molar-refractivity contribution in [3.63, 3.8) is 0 Å². The Morgan fingerprint density at radius 2 is 1.64 bits per heavy atom. The van der Waals surface area contributed by atoms with E-state index in [-0.39, 0.29) is 5.91 Å². The minimum atomic E-state index is -0.478. The van der Waals surface area contributed by atoms with Crippen LogP contribution in [0.5, 0.6) is 11.5 Å². The number of aromatic nitrogens is 3. The van der Waals surface area contributed by atoms with Crippen LogP contribution in [0.25, 0.3) is 0 Å². The molecule has 0 unspecified atom stereocenters. The average molecular weight is 542 g/mol. The zero-order valence-corrected chi connectivity index (χ0v) is 23.4. The van der Waals surface area contributed by atoms with Crippen molar-refractivity contribution in [2.75, 3.05) is 24.9 Å². The molecular weight excluding hydrogens is 510 g/mol. The topological polar surface area (TPSA) is 90.3 Å². The maximum Gasteiger partial charge on any atom is 0.255 e. The van der Waals surface area contributed by atoms with Gasteiger partial charge in [0.15, 0.2) is 0 Å². The molecule has 0 saturated carbocycles. The summed E-state index contributed by atoms with van der Waals surface area (Å²) in [5.74, 6) is 2.58. The second-order valence-electron chi connectivity index (χ2n) is 9.40. The number of nitrogens with zero attached hydrogens (tertiary/aromatic N) is 3. The number of hydrogen-bond donors (Lipinski definition) is 2. The highest BCUT2D eigenvalue weighted by molar-refractivity contribution is 7.98. The molecule has 0 bridgehead atoms. The fourth-order valence-corrected chi connectivity index (χ4v) is 5.51. The SMILES string of the molecule is COc1ccc(NC(=O)C2=C(C)Nc3nc(SCc4ccc(C)cc4C)nn3[C@H]2c2ccc(OC)cc2)cc1. The molecule has 1 aromatic heterocycles. The fraction of sp³-hybridized carbons (Fsp3) is 0.233. The highest BCUT2D eigenvalue weighted by Gasteiger charge is 2.34. The Morgan fingerprint density at radius 3 is 2.28 bits per heavy atom. The Kier molecular flexibility index (Phi) is 7.60. The first-order chi connectivity index (χ1) is 18.9. The number of anilines is 2. The number of aryl methyl sites for hydroxylation is 2. The lowest BCUT2D eigenvalue weighted by Crippen LogP contribution is -2.31. The molecule has 1 atom stereocenters. The number of carbonyl (C=O) groups excluding carboxylic acids is 1. The largest absolute Gasteiger partial charge is 0.497 e. The van der Waals surface area contributed by atoms with Crippen molar-refractivity contribution in [2.24, 2.45) is 0 Å². The third kappa shape index (κ3) is 5.63. The highest BCUT2D eigenvalue weighted by Crippen LogP contribution is 2.37. The van der Waals surface area contributed by atoms with Crippen molar-refractivity contribution >= 4 is 29.3 Å². The van der Waals surface area contributed by atoms with Crippen molar-refractivity contribution in [1.82, 2.24) is 14.8 Å². The molecule has 0 saturated heterocycles. The van der Waals surface area contributed by atoms with Gasteiger partial charge in [0.1, 0.15) is 17.5 Å². The summed E-state index contributed by atoms with van der Waals surface area (Å²) in [5.41, 5.74) is 6.57. The fourth-order valence-electron chi connectivity index (χ4n) is 4.60. The normalized spacial score (nSPS) is 14.4. The molecule has 0 spiro atoms. The lowest BCUT2D eigenvalue weighted by Gasteiger charge is -2.28. The van der Waals surface area contributed by atoms with Crippen molar-refractivity contribution in [1.29, 1.82) is 0 Å². The van der Waals surface area contributed by atoms with Crippen LogP contribution in [0.4, 0.5) is 11.6 Å². The number of fused-ring (bicyclic) bond motifs is 1. The summed E-state index contributed by atoms with van der Waals surface area (Å²) in [4.78, 5) is 18.5. The smallest absolute Gasteiger partial charge is 0.255 e. The second-order valence-corrected chi connectivity index (χ2v) is 10.3. The number of carbonyl (C=O) groups is 1. The second kappa shape index (κ2) is 11.2. The monoisotopic (exact) mass is 541 g/mol. The Balaban J connectivity index is 1.47. The van der Waals surface area contributed by atoms with E-state index in [9.17, 15) is 4.79 Å². The van der Waals surface area contributed by atoms with Crippen LogP contribution in [-0.4, -0.2) is 34.9 Å². The number of methoxy groups -OCH3 is 2. The number of benzene rings is 3. The van der Waals surface area contributed by atoms with E-state index < -0.39 is 6.04 Å². The maximum atomic E-state index is 13.7. The first kappa shape index (κ1) is 26.4. The minimum absolute atomic E-state index is 0.225. The third-order valence-electron chi connectivity index (χ3n) is 6.71. The van der Waals surface area contributed by atoms with Crippen molar-refractivity contribution in [3.8, 4) is 11.5 Å². The summed E-state index contributed by atoms with van der Waals surface area (Å²) in [7, 11) is 3.24. The third-order valence-corrected chi connectivity index (χ3v) is 7.60. The molecule has 2 N–H and O–H groups in total. The number of amides is 1. The maximum absolute atomic E-state index is 13.7. The van der Waals surface area contributed by atoms with Gasteiger partial charge in [-0.2, -0.15) is 4.98 Å². The van der Waals surface area contributed by atoms with Crippen LogP contribution in [0.3, 0.4) is 0 Å². The van der Waals surface area contributed by atoms with Gasteiger partial charge in [-0.3, -0.25) is 4.79 Å². The first-order valence-electron chi connectivity index (χ1n) is 12.6. The van der Waals surface area contributed by atoms with E-state index in [1.807, 2.05) is 55.5 Å². The van der Waals surface area contributed by atoms with Crippen LogP contribution in [0.2, 0.25) is 0 Å². The molecule has 3 aromatic carbocycles. The molecule has 1 amide bonds. The van der Waals surface area contributed by atoms with E-state index in [4.69, 9.17) is 19.6 Å². The van der Waals surface area contributed by atoms with Gasteiger partial charge in [0.25, 0.3) is 5.91 Å². The highest BCUT2D eigenvalue weighted by atomic mass is 32.2. The predicted octanol–water partition coefficient (Wildman–Crippen LogP) is 6.13. The van der Waals surface area contributed by atoms with Gasteiger partial charge < -0.3 is 20.1 Å². The summed E-state index contributed by atoms with van der Waals surface area (Å²) < 4.78 is 12.4. The molecule has 0 aliphatic carbocycles. The Bertz CT molecular complexity index is 1530. The van der Waals surface area contributed by atoms with Crippen molar-refractivity contribution < 1.29 is 14.3 Å². The zero-order valence-electron chi connectivity index (χ0n) is 22.6. The number of rotatable bonds is 8. The number of thioether (sulfide) groups is 1. The van der Waals surface area contributed by atoms with Crippen LogP contribution in [0, 0.1) is 13.8 Å². The molecular formula is C30H31N5O3S. The molecule has 9 heteroatoms. The lowest BCUT2D eigenvalue weighted by atomic mass is 9.95. The van der Waals surface area contributed by atoms with Gasteiger partial charge in [-0.25, -0.2) is 4.68 Å². The molecule has 1 aliphatic rings. The minimum Gasteiger partial charge on any atom is -0.497 e. The van der Waals surface area contributed by atoms with Gasteiger partial charge in [0.05, 0.1) is 19.8 Å². The van der Waals surface area contributed by atoms with Crippen LogP contribution >= 0.6 is 11.8 Å². The van der Waals surface area contributed by atoms with Crippen LogP contribution < -0.4 is 20.1 Å². The molecule has 4 aromatic rings. The van der Waals surface area contributed by atoms with E-state index in [0.29, 0.717) is 28.1 Å². The van der Waals surface area contributed by atoms with E-state index in [1.54, 1.807) is 30.7 Å². The van der Waals surface area contributed by atoms with E-state index in [0.717, 1.165) is 22.8 Å². The summed E-state index contributed by atoms with van der Waals surface area (Å²) in [6, 6.07) is 20.9. The molecule has 1 aliphatic heterocycles. The molecule has 8 nitrogen and oxygen atoms in total. The molecule has 0 radical (unpaired) electrons. The van der Waals surface area contributed by atoms with E-state index >= 15 is 0 Å². The number of nitrogens with one attached hydrogen (secondary N) is 2. The van der Waals surface area contributed by atoms with Crippen LogP contribution in [0.15, 0.2) is 83.2 Å². The van der Waals surface area contributed by atoms with Gasteiger partial charge in [-0.15, -0.1) is 5.10 Å². The summed E-state index contributed by atoms with van der Waals surface area (Å²) >= 11 is 1.57. The Hall–Kier alpha value is -4.24. The summed E-state index contributed by atoms with van der Waals surface area (Å²) in [6.07, 6.45) is 0. The van der Waals surface area contributed by atoms with E-state index in [1.165, 1.54) is 16.7 Å². The standard InChI is InChI=1S/C30H31N5O3S/c1-18-6-7-22(19(2)16-18)17-39-30-33-29-31-20(3)26(28(36)32-23-10-14-25(38-5)15-11-23)27(35(29)34-30)21-8-12-24(37-4)13-9-21/h6-16,27H,17H2,1-5H3,(H,32,36)(H,31,33,34)/t27-/m0/s1. The summed E-state index contributed by atoms with van der Waals surface area (Å²) in [6.45, 7) is 6.11. The van der Waals surface area contributed by atoms with Gasteiger partial charge in [0, 0.05) is 17.1 Å². The number of allylic oxidation sites excluding steroid dienone is 1. The van der Waals surface area contributed by atoms with Crippen LogP contribution in [0.1, 0.15) is 35.2 Å². The molecule has 5 rings (SSSR count). The van der Waals surface area contributed by atoms with E-state index in [2.05, 4.69) is 42.7 Å². The zero-order chi connectivity index (χ0) is 27.5. The van der Waals surface area contributed by atoms with Crippen LogP contribution in [-0.2, 0) is 10.5 Å².